The van der Waals surface area contributed by atoms with Crippen LogP contribution in [0.1, 0.15) is 18.5 Å². The highest BCUT2D eigenvalue weighted by molar-refractivity contribution is 6.28. The lowest BCUT2D eigenvalue weighted by Crippen LogP contribution is -2.16. The summed E-state index contributed by atoms with van der Waals surface area (Å²) < 4.78 is 51.8. The van der Waals surface area contributed by atoms with Gasteiger partial charge in [0.2, 0.25) is 5.28 Å². The standard InChI is InChI=1S/C25H22ClF3N4O3/c1-14(30-23-19-12-21(34-2)22(35-3)13-20(19)32-24(26)33-23)15-5-4-6-17(11-15)31-16-7-9-18(10-8-16)36-25(27,28)29/h4-14,31H,1-3H3,(H,30,32,33)/t14-/m1/s1. The van der Waals surface area contributed by atoms with Crippen LogP contribution in [0, 0.1) is 0 Å². The number of hydrogen-bond acceptors (Lipinski definition) is 7. The first-order valence-corrected chi connectivity index (χ1v) is 11.1. The number of nitrogens with zero attached hydrogens (tertiary/aromatic N) is 2. The Morgan fingerprint density at radius 3 is 2.25 bits per heavy atom. The lowest BCUT2D eigenvalue weighted by atomic mass is 10.1. The summed E-state index contributed by atoms with van der Waals surface area (Å²) in [7, 11) is 3.09. The molecule has 1 atom stereocenters. The van der Waals surface area contributed by atoms with E-state index in [1.165, 1.54) is 24.3 Å². The van der Waals surface area contributed by atoms with Gasteiger partial charge >= 0.3 is 6.36 Å². The van der Waals surface area contributed by atoms with E-state index in [1.807, 2.05) is 31.2 Å². The van der Waals surface area contributed by atoms with Gasteiger partial charge in [0.05, 0.1) is 25.8 Å². The lowest BCUT2D eigenvalue weighted by Gasteiger charge is -2.18. The molecule has 0 unspecified atom stereocenters. The van der Waals surface area contributed by atoms with Gasteiger partial charge in [-0.25, -0.2) is 9.97 Å². The van der Waals surface area contributed by atoms with Gasteiger partial charge in [-0.3, -0.25) is 0 Å². The fourth-order valence-electron chi connectivity index (χ4n) is 3.62. The highest BCUT2D eigenvalue weighted by Gasteiger charge is 2.31. The summed E-state index contributed by atoms with van der Waals surface area (Å²) in [5, 5.41) is 7.34. The van der Waals surface area contributed by atoms with Gasteiger partial charge in [0.1, 0.15) is 11.6 Å². The molecule has 0 bridgehead atoms. The quantitative estimate of drug-likeness (QED) is 0.240. The van der Waals surface area contributed by atoms with E-state index in [0.29, 0.717) is 33.9 Å². The zero-order chi connectivity index (χ0) is 25.9. The Balaban J connectivity index is 1.54. The second kappa shape index (κ2) is 10.4. The SMILES string of the molecule is COc1cc2nc(Cl)nc(N[C@H](C)c3cccc(Nc4ccc(OC(F)(F)F)cc4)c3)c2cc1OC. The molecule has 188 valence electrons. The molecule has 0 amide bonds. The first kappa shape index (κ1) is 25.2. The van der Waals surface area contributed by atoms with Crippen LogP contribution in [0.2, 0.25) is 5.28 Å². The molecule has 0 aliphatic carbocycles. The minimum absolute atomic E-state index is 0.0813. The Morgan fingerprint density at radius 1 is 0.889 bits per heavy atom. The van der Waals surface area contributed by atoms with Gasteiger partial charge in [0.25, 0.3) is 0 Å². The second-order valence-electron chi connectivity index (χ2n) is 7.75. The first-order chi connectivity index (χ1) is 17.1. The summed E-state index contributed by atoms with van der Waals surface area (Å²) in [4.78, 5) is 8.65. The number of fused-ring (bicyclic) bond motifs is 1. The summed E-state index contributed by atoms with van der Waals surface area (Å²) in [6.07, 6.45) is -4.73. The average Bonchev–Trinajstić information content (AvgIpc) is 2.83. The van der Waals surface area contributed by atoms with Crippen LogP contribution in [-0.2, 0) is 0 Å². The number of nitrogens with one attached hydrogen (secondary N) is 2. The van der Waals surface area contributed by atoms with Crippen molar-refractivity contribution in [3.63, 3.8) is 0 Å². The van der Waals surface area contributed by atoms with E-state index < -0.39 is 6.36 Å². The second-order valence-corrected chi connectivity index (χ2v) is 8.09. The molecule has 3 aromatic carbocycles. The van der Waals surface area contributed by atoms with E-state index in [1.54, 1.807) is 26.4 Å². The molecule has 0 aliphatic heterocycles. The number of benzene rings is 3. The number of aromatic nitrogens is 2. The lowest BCUT2D eigenvalue weighted by molar-refractivity contribution is -0.274. The fourth-order valence-corrected chi connectivity index (χ4v) is 3.79. The summed E-state index contributed by atoms with van der Waals surface area (Å²) in [5.41, 5.74) is 2.88. The van der Waals surface area contributed by atoms with Crippen LogP contribution in [0.15, 0.2) is 60.7 Å². The maximum absolute atomic E-state index is 12.4. The van der Waals surface area contributed by atoms with Crippen molar-refractivity contribution in [1.82, 2.24) is 9.97 Å². The summed E-state index contributed by atoms with van der Waals surface area (Å²) in [6.45, 7) is 1.96. The molecule has 4 rings (SSSR count). The molecule has 2 N–H and O–H groups in total. The van der Waals surface area contributed by atoms with E-state index in [0.717, 1.165) is 11.3 Å². The summed E-state index contributed by atoms with van der Waals surface area (Å²) in [5.74, 6) is 1.29. The van der Waals surface area contributed by atoms with Gasteiger partial charge in [-0.15, -0.1) is 13.2 Å². The van der Waals surface area contributed by atoms with Gasteiger partial charge in [-0.1, -0.05) is 12.1 Å². The molecular weight excluding hydrogens is 497 g/mol. The van der Waals surface area contributed by atoms with Crippen LogP contribution >= 0.6 is 11.6 Å². The number of hydrogen-bond donors (Lipinski definition) is 2. The number of ether oxygens (including phenoxy) is 3. The van der Waals surface area contributed by atoms with E-state index in [4.69, 9.17) is 21.1 Å². The molecule has 4 aromatic rings. The number of alkyl halides is 3. The molecule has 0 aliphatic rings. The maximum atomic E-state index is 12.4. The molecule has 11 heteroatoms. The van der Waals surface area contributed by atoms with Gasteiger partial charge < -0.3 is 24.8 Å². The average molecular weight is 519 g/mol. The van der Waals surface area contributed by atoms with Crippen molar-refractivity contribution >= 4 is 39.7 Å². The number of methoxy groups -OCH3 is 2. The largest absolute Gasteiger partial charge is 0.573 e. The highest BCUT2D eigenvalue weighted by Crippen LogP contribution is 2.36. The van der Waals surface area contributed by atoms with Gasteiger partial charge in [-0.05, 0) is 66.6 Å². The van der Waals surface area contributed by atoms with E-state index >= 15 is 0 Å². The van der Waals surface area contributed by atoms with Crippen molar-refractivity contribution in [2.45, 2.75) is 19.3 Å². The van der Waals surface area contributed by atoms with Crippen molar-refractivity contribution < 1.29 is 27.4 Å². The van der Waals surface area contributed by atoms with E-state index in [-0.39, 0.29) is 17.1 Å². The zero-order valence-electron chi connectivity index (χ0n) is 19.5. The molecule has 0 spiro atoms. The van der Waals surface area contributed by atoms with Gasteiger partial charge in [0, 0.05) is 22.8 Å². The predicted molar refractivity (Wildman–Crippen MR) is 133 cm³/mol. The molecule has 1 heterocycles. The number of anilines is 3. The Labute approximate surface area is 210 Å². The highest BCUT2D eigenvalue weighted by atomic mass is 35.5. The molecule has 0 radical (unpaired) electrons. The zero-order valence-corrected chi connectivity index (χ0v) is 20.2. The van der Waals surface area contributed by atoms with Crippen LogP contribution < -0.4 is 24.8 Å². The van der Waals surface area contributed by atoms with Crippen molar-refractivity contribution in [3.05, 3.63) is 71.5 Å². The van der Waals surface area contributed by atoms with Crippen molar-refractivity contribution in [2.75, 3.05) is 24.9 Å². The van der Waals surface area contributed by atoms with Gasteiger partial charge in [0.15, 0.2) is 11.5 Å². The molecule has 1 aromatic heterocycles. The summed E-state index contributed by atoms with van der Waals surface area (Å²) >= 11 is 6.17. The monoisotopic (exact) mass is 518 g/mol. The fraction of sp³-hybridized carbons (Fsp3) is 0.200. The third kappa shape index (κ3) is 6.01. The third-order valence-corrected chi connectivity index (χ3v) is 5.46. The van der Waals surface area contributed by atoms with Crippen LogP contribution in [0.25, 0.3) is 10.9 Å². The molecule has 36 heavy (non-hydrogen) atoms. The Hall–Kier alpha value is -3.92. The molecule has 0 saturated carbocycles. The van der Waals surface area contributed by atoms with Crippen molar-refractivity contribution in [2.24, 2.45) is 0 Å². The number of rotatable bonds is 8. The van der Waals surface area contributed by atoms with E-state index in [2.05, 4.69) is 25.3 Å². The van der Waals surface area contributed by atoms with Crippen LogP contribution in [0.4, 0.5) is 30.4 Å². The minimum Gasteiger partial charge on any atom is -0.493 e. The number of halogens is 4. The third-order valence-electron chi connectivity index (χ3n) is 5.29. The van der Waals surface area contributed by atoms with Crippen LogP contribution in [0.5, 0.6) is 17.2 Å². The Morgan fingerprint density at radius 2 is 1.58 bits per heavy atom. The maximum Gasteiger partial charge on any atom is 0.573 e. The predicted octanol–water partition coefficient (Wildman–Crippen LogP) is 7.12. The van der Waals surface area contributed by atoms with E-state index in [9.17, 15) is 13.2 Å². The summed E-state index contributed by atoms with van der Waals surface area (Å²) in [6, 6.07) is 16.4. The van der Waals surface area contributed by atoms with Gasteiger partial charge in [-0.2, -0.15) is 0 Å². The van der Waals surface area contributed by atoms with Crippen molar-refractivity contribution in [1.29, 1.82) is 0 Å². The Bertz CT molecular complexity index is 1370. The first-order valence-electron chi connectivity index (χ1n) is 10.7. The smallest absolute Gasteiger partial charge is 0.493 e. The van der Waals surface area contributed by atoms with Crippen molar-refractivity contribution in [3.8, 4) is 17.2 Å². The molecule has 0 saturated heterocycles. The van der Waals surface area contributed by atoms with Crippen LogP contribution in [-0.4, -0.2) is 30.5 Å². The molecule has 7 nitrogen and oxygen atoms in total. The topological polar surface area (TPSA) is 77.5 Å². The molecular formula is C25H22ClF3N4O3. The normalized spacial score (nSPS) is 12.2. The molecule has 0 fully saturated rings. The van der Waals surface area contributed by atoms with Crippen LogP contribution in [0.3, 0.4) is 0 Å². The Kier molecular flexibility index (Phi) is 7.25. The minimum atomic E-state index is -4.73.